The van der Waals surface area contributed by atoms with Gasteiger partial charge in [-0.3, -0.25) is 4.21 Å². The molecule has 0 aromatic carbocycles. The Morgan fingerprint density at radius 1 is 1.50 bits per heavy atom. The zero-order chi connectivity index (χ0) is 13.1. The van der Waals surface area contributed by atoms with E-state index in [0.29, 0.717) is 18.2 Å². The molecule has 2 heterocycles. The predicted octanol–water partition coefficient (Wildman–Crippen LogP) is 1.64. The van der Waals surface area contributed by atoms with E-state index in [0.717, 1.165) is 17.0 Å². The molecule has 18 heavy (non-hydrogen) atoms. The molecule has 0 amide bonds. The summed E-state index contributed by atoms with van der Waals surface area (Å²) in [6.45, 7) is 4.88. The van der Waals surface area contributed by atoms with Gasteiger partial charge in [0.2, 0.25) is 0 Å². The van der Waals surface area contributed by atoms with Gasteiger partial charge >= 0.3 is 0 Å². The number of anilines is 1. The molecule has 0 bridgehead atoms. The van der Waals surface area contributed by atoms with Crippen LogP contribution in [0.3, 0.4) is 0 Å². The molecule has 0 aliphatic carbocycles. The fraction of sp³-hybridized carbons (Fsp3) is 0.500. The predicted molar refractivity (Wildman–Crippen MR) is 74.5 cm³/mol. The molecule has 0 radical (unpaired) electrons. The lowest BCUT2D eigenvalue weighted by molar-refractivity contribution is 0.687. The molecule has 2 rings (SSSR count). The van der Waals surface area contributed by atoms with Crippen molar-refractivity contribution >= 4 is 22.1 Å². The van der Waals surface area contributed by atoms with E-state index in [-0.39, 0.29) is 0 Å². The number of rotatable bonds is 5. The lowest BCUT2D eigenvalue weighted by Gasteiger charge is -2.05. The van der Waals surface area contributed by atoms with E-state index in [1.54, 1.807) is 12.5 Å². The smallest absolute Gasteiger partial charge is 0.152 e. The minimum atomic E-state index is -0.788. The second-order valence-corrected chi connectivity index (χ2v) is 6.09. The summed E-state index contributed by atoms with van der Waals surface area (Å²) in [7, 11) is -0.788. The molecule has 2 aromatic heterocycles. The average molecular weight is 266 g/mol. The van der Waals surface area contributed by atoms with Crippen LogP contribution in [0.4, 0.5) is 5.82 Å². The number of fused-ring (bicyclic) bond motifs is 1. The molecule has 0 spiro atoms. The lowest BCUT2D eigenvalue weighted by Crippen LogP contribution is -2.11. The molecule has 1 unspecified atom stereocenters. The van der Waals surface area contributed by atoms with Gasteiger partial charge in [0.15, 0.2) is 5.82 Å². The van der Waals surface area contributed by atoms with E-state index in [4.69, 9.17) is 0 Å². The first kappa shape index (κ1) is 13.0. The fourth-order valence-electron chi connectivity index (χ4n) is 1.67. The summed E-state index contributed by atoms with van der Waals surface area (Å²) >= 11 is 0. The summed E-state index contributed by atoms with van der Waals surface area (Å²) in [5.41, 5.74) is 2.01. The van der Waals surface area contributed by atoms with Crippen molar-refractivity contribution in [2.24, 2.45) is 0 Å². The van der Waals surface area contributed by atoms with Crippen molar-refractivity contribution in [3.8, 4) is 0 Å². The minimum absolute atomic E-state index is 0.390. The SMILES string of the molecule is CC(C)c1cc2c(NCCS(C)=O)nccn2n1. The van der Waals surface area contributed by atoms with E-state index in [9.17, 15) is 4.21 Å². The van der Waals surface area contributed by atoms with Crippen molar-refractivity contribution in [1.29, 1.82) is 0 Å². The van der Waals surface area contributed by atoms with Crippen LogP contribution in [0.1, 0.15) is 25.5 Å². The summed E-state index contributed by atoms with van der Waals surface area (Å²) < 4.78 is 12.9. The van der Waals surface area contributed by atoms with Crippen LogP contribution in [0.25, 0.3) is 5.52 Å². The number of aromatic nitrogens is 3. The molecule has 6 heteroatoms. The van der Waals surface area contributed by atoms with Crippen LogP contribution in [0.2, 0.25) is 0 Å². The molecule has 0 aliphatic rings. The Kier molecular flexibility index (Phi) is 3.96. The molecule has 0 aliphatic heterocycles. The van der Waals surface area contributed by atoms with E-state index < -0.39 is 10.8 Å². The molecular formula is C12H18N4OS. The zero-order valence-corrected chi connectivity index (χ0v) is 11.7. The van der Waals surface area contributed by atoms with Gasteiger partial charge in [0.1, 0.15) is 5.52 Å². The second kappa shape index (κ2) is 5.48. The average Bonchev–Trinajstić information content (AvgIpc) is 2.73. The molecule has 0 fully saturated rings. The third kappa shape index (κ3) is 2.87. The van der Waals surface area contributed by atoms with Crippen LogP contribution in [0.5, 0.6) is 0 Å². The fourth-order valence-corrected chi connectivity index (χ4v) is 2.06. The third-order valence-corrected chi connectivity index (χ3v) is 3.46. The van der Waals surface area contributed by atoms with Crippen LogP contribution in [0, 0.1) is 0 Å². The van der Waals surface area contributed by atoms with Crippen molar-refractivity contribution in [3.05, 3.63) is 24.2 Å². The van der Waals surface area contributed by atoms with Gasteiger partial charge in [-0.15, -0.1) is 0 Å². The maximum Gasteiger partial charge on any atom is 0.152 e. The number of nitrogens with zero attached hydrogens (tertiary/aromatic N) is 3. The molecule has 2 aromatic rings. The highest BCUT2D eigenvalue weighted by Gasteiger charge is 2.09. The summed E-state index contributed by atoms with van der Waals surface area (Å²) in [6.07, 6.45) is 5.26. The molecule has 1 atom stereocenters. The van der Waals surface area contributed by atoms with E-state index in [1.807, 2.05) is 16.8 Å². The highest BCUT2D eigenvalue weighted by molar-refractivity contribution is 7.84. The highest BCUT2D eigenvalue weighted by Crippen LogP contribution is 2.19. The maximum atomic E-state index is 11.0. The van der Waals surface area contributed by atoms with Gasteiger partial charge in [-0.2, -0.15) is 5.10 Å². The Morgan fingerprint density at radius 2 is 2.28 bits per heavy atom. The Balaban J connectivity index is 2.24. The van der Waals surface area contributed by atoms with E-state index in [2.05, 4.69) is 29.2 Å². The Morgan fingerprint density at radius 3 is 2.94 bits per heavy atom. The van der Waals surface area contributed by atoms with Crippen molar-refractivity contribution in [2.45, 2.75) is 19.8 Å². The van der Waals surface area contributed by atoms with Gasteiger partial charge < -0.3 is 5.32 Å². The molecular weight excluding hydrogens is 248 g/mol. The largest absolute Gasteiger partial charge is 0.367 e. The monoisotopic (exact) mass is 266 g/mol. The number of hydrogen-bond donors (Lipinski definition) is 1. The summed E-state index contributed by atoms with van der Waals surface area (Å²) in [6, 6.07) is 2.04. The molecule has 0 saturated heterocycles. The standard InChI is InChI=1S/C12H18N4OS/c1-9(2)10-8-11-12(14-5-7-18(3)17)13-4-6-16(11)15-10/h4,6,8-9H,5,7H2,1-3H3,(H,13,14). The number of hydrogen-bond acceptors (Lipinski definition) is 4. The first-order valence-electron chi connectivity index (χ1n) is 5.96. The Bertz CT molecular complexity index is 564. The van der Waals surface area contributed by atoms with Crippen LogP contribution in [-0.2, 0) is 10.8 Å². The van der Waals surface area contributed by atoms with Gasteiger partial charge in [0, 0.05) is 41.7 Å². The maximum absolute atomic E-state index is 11.0. The zero-order valence-electron chi connectivity index (χ0n) is 10.9. The highest BCUT2D eigenvalue weighted by atomic mass is 32.2. The normalized spacial score (nSPS) is 13.1. The lowest BCUT2D eigenvalue weighted by atomic mass is 10.1. The third-order valence-electron chi connectivity index (χ3n) is 2.68. The van der Waals surface area contributed by atoms with Gasteiger partial charge in [-0.25, -0.2) is 9.50 Å². The van der Waals surface area contributed by atoms with Crippen LogP contribution >= 0.6 is 0 Å². The molecule has 0 saturated carbocycles. The summed E-state index contributed by atoms with van der Waals surface area (Å²) in [5, 5.41) is 7.70. The van der Waals surface area contributed by atoms with Crippen LogP contribution in [0.15, 0.2) is 18.5 Å². The number of nitrogens with one attached hydrogen (secondary N) is 1. The quantitative estimate of drug-likeness (QED) is 0.894. The first-order chi connectivity index (χ1) is 8.58. The topological polar surface area (TPSA) is 59.3 Å². The van der Waals surface area contributed by atoms with Crippen molar-refractivity contribution in [1.82, 2.24) is 14.6 Å². The summed E-state index contributed by atoms with van der Waals surface area (Å²) in [4.78, 5) is 4.31. The first-order valence-corrected chi connectivity index (χ1v) is 7.69. The van der Waals surface area contributed by atoms with Gasteiger partial charge in [0.25, 0.3) is 0 Å². The Labute approximate surface area is 109 Å². The van der Waals surface area contributed by atoms with E-state index in [1.165, 1.54) is 0 Å². The summed E-state index contributed by atoms with van der Waals surface area (Å²) in [5.74, 6) is 1.80. The van der Waals surface area contributed by atoms with Crippen LogP contribution in [-0.4, -0.2) is 37.4 Å². The van der Waals surface area contributed by atoms with Crippen molar-refractivity contribution in [3.63, 3.8) is 0 Å². The molecule has 1 N–H and O–H groups in total. The van der Waals surface area contributed by atoms with Gasteiger partial charge in [0.05, 0.1) is 5.69 Å². The minimum Gasteiger partial charge on any atom is -0.367 e. The van der Waals surface area contributed by atoms with Crippen molar-refractivity contribution in [2.75, 3.05) is 23.9 Å². The van der Waals surface area contributed by atoms with E-state index >= 15 is 0 Å². The van der Waals surface area contributed by atoms with Crippen LogP contribution < -0.4 is 5.32 Å². The Hall–Kier alpha value is -1.43. The molecule has 5 nitrogen and oxygen atoms in total. The van der Waals surface area contributed by atoms with Crippen molar-refractivity contribution < 1.29 is 4.21 Å². The second-order valence-electron chi connectivity index (χ2n) is 4.53. The molecule has 98 valence electrons. The van der Waals surface area contributed by atoms with Gasteiger partial charge in [-0.1, -0.05) is 13.8 Å². The van der Waals surface area contributed by atoms with Gasteiger partial charge in [-0.05, 0) is 12.0 Å².